The van der Waals surface area contributed by atoms with Crippen LogP contribution in [0.5, 0.6) is 0 Å². The van der Waals surface area contributed by atoms with E-state index in [1.54, 1.807) is 6.07 Å². The normalized spacial score (nSPS) is 12.6. The Morgan fingerprint density at radius 2 is 1.57 bits per heavy atom. The molecule has 0 spiro atoms. The zero-order chi connectivity index (χ0) is 31.2. The molecule has 0 bridgehead atoms. The number of benzene rings is 3. The van der Waals surface area contributed by atoms with E-state index in [9.17, 15) is 35.6 Å². The monoisotopic (exact) mass is 627 g/mol. The molecule has 1 atom stereocenters. The van der Waals surface area contributed by atoms with Crippen LogP contribution in [0.15, 0.2) is 77.7 Å². The van der Waals surface area contributed by atoms with E-state index >= 15 is 0 Å². The largest absolute Gasteiger partial charge is 0.416 e. The lowest BCUT2D eigenvalue weighted by Gasteiger charge is -2.32. The van der Waals surface area contributed by atoms with Crippen LogP contribution in [0.1, 0.15) is 31.9 Å². The van der Waals surface area contributed by atoms with E-state index in [-0.39, 0.29) is 27.9 Å². The minimum atomic E-state index is -4.84. The van der Waals surface area contributed by atoms with Gasteiger partial charge in [0.05, 0.1) is 21.2 Å². The Labute approximate surface area is 247 Å². The molecule has 226 valence electrons. The van der Waals surface area contributed by atoms with Crippen LogP contribution in [0.4, 0.5) is 23.2 Å². The Balaban J connectivity index is 2.12. The second kappa shape index (κ2) is 13.6. The van der Waals surface area contributed by atoms with Gasteiger partial charge >= 0.3 is 6.18 Å². The van der Waals surface area contributed by atoms with Gasteiger partial charge in [0.1, 0.15) is 18.4 Å². The molecule has 3 rings (SSSR count). The molecule has 0 saturated carbocycles. The third-order valence-electron chi connectivity index (χ3n) is 6.30. The highest BCUT2D eigenvalue weighted by atomic mass is 35.5. The fourth-order valence-electron chi connectivity index (χ4n) is 3.96. The van der Waals surface area contributed by atoms with Crippen LogP contribution in [-0.4, -0.2) is 44.3 Å². The van der Waals surface area contributed by atoms with Crippen molar-refractivity contribution >= 4 is 39.1 Å². The maximum absolute atomic E-state index is 14.6. The molecule has 0 unspecified atom stereocenters. The Hall–Kier alpha value is -3.64. The van der Waals surface area contributed by atoms with Gasteiger partial charge in [-0.15, -0.1) is 0 Å². The minimum absolute atomic E-state index is 0.0453. The number of amides is 2. The average molecular weight is 628 g/mol. The lowest BCUT2D eigenvalue weighted by molar-refractivity contribution is -0.139. The van der Waals surface area contributed by atoms with Crippen molar-refractivity contribution in [3.63, 3.8) is 0 Å². The highest BCUT2D eigenvalue weighted by Crippen LogP contribution is 2.37. The van der Waals surface area contributed by atoms with E-state index in [2.05, 4.69) is 5.32 Å². The van der Waals surface area contributed by atoms with Gasteiger partial charge in [-0.2, -0.15) is 13.2 Å². The smallest absolute Gasteiger partial charge is 0.354 e. The lowest BCUT2D eigenvalue weighted by atomic mass is 10.1. The van der Waals surface area contributed by atoms with E-state index in [0.29, 0.717) is 16.4 Å². The maximum atomic E-state index is 14.6. The van der Waals surface area contributed by atoms with Crippen molar-refractivity contribution in [2.45, 2.75) is 44.4 Å². The third-order valence-corrected chi connectivity index (χ3v) is 8.40. The summed E-state index contributed by atoms with van der Waals surface area (Å²) in [5.41, 5.74) is -1.73. The molecule has 7 nitrogen and oxygen atoms in total. The van der Waals surface area contributed by atoms with Crippen molar-refractivity contribution < 1.29 is 35.6 Å². The van der Waals surface area contributed by atoms with E-state index in [1.165, 1.54) is 49.4 Å². The van der Waals surface area contributed by atoms with Crippen LogP contribution in [0.25, 0.3) is 0 Å². The summed E-state index contributed by atoms with van der Waals surface area (Å²) in [4.78, 5) is 27.5. The maximum Gasteiger partial charge on any atom is 0.416 e. The van der Waals surface area contributed by atoms with Crippen LogP contribution >= 0.6 is 11.6 Å². The van der Waals surface area contributed by atoms with Crippen molar-refractivity contribution in [2.75, 3.05) is 17.4 Å². The first-order valence-corrected chi connectivity index (χ1v) is 14.7. The van der Waals surface area contributed by atoms with Gasteiger partial charge in [-0.1, -0.05) is 61.8 Å². The van der Waals surface area contributed by atoms with E-state index in [0.717, 1.165) is 17.0 Å². The Kier molecular flexibility index (Phi) is 10.6. The molecule has 0 fully saturated rings. The van der Waals surface area contributed by atoms with Gasteiger partial charge in [-0.3, -0.25) is 13.9 Å². The van der Waals surface area contributed by atoms with Crippen LogP contribution in [0.2, 0.25) is 5.02 Å². The molecule has 0 aromatic heterocycles. The van der Waals surface area contributed by atoms with E-state index in [4.69, 9.17) is 11.6 Å². The van der Waals surface area contributed by atoms with Gasteiger partial charge < -0.3 is 10.2 Å². The molecule has 2 amide bonds. The number of alkyl halides is 3. The van der Waals surface area contributed by atoms with Crippen molar-refractivity contribution in [3.05, 3.63) is 94.8 Å². The van der Waals surface area contributed by atoms with Crippen LogP contribution < -0.4 is 9.62 Å². The first-order chi connectivity index (χ1) is 19.6. The standard InChI is InChI=1S/C29H30ClF4N3O4S/c1-19(2)16-35-28(39)20(3)36(17-21-9-7-8-12-25(21)31)27(38)18-37(42(40,41)23-10-5-4-6-11-23)26-15-22(29(32,33)34)13-14-24(26)30/h4-15,19-20H,16-18H2,1-3H3,(H,35,39)/t20-/m1/s1. The number of halogens is 5. The Bertz CT molecular complexity index is 1520. The number of carbonyl (C=O) groups excluding carboxylic acids is 2. The topological polar surface area (TPSA) is 86.8 Å². The first-order valence-electron chi connectivity index (χ1n) is 12.9. The van der Waals surface area contributed by atoms with Crippen molar-refractivity contribution in [1.29, 1.82) is 0 Å². The summed E-state index contributed by atoms with van der Waals surface area (Å²) in [6.07, 6.45) is -4.84. The third kappa shape index (κ3) is 8.01. The summed E-state index contributed by atoms with van der Waals surface area (Å²) in [7, 11) is -4.66. The van der Waals surface area contributed by atoms with Crippen molar-refractivity contribution in [1.82, 2.24) is 10.2 Å². The van der Waals surface area contributed by atoms with Crippen LogP contribution in [0, 0.1) is 11.7 Å². The minimum Gasteiger partial charge on any atom is -0.354 e. The molecule has 0 saturated heterocycles. The number of sulfonamides is 1. The molecule has 3 aromatic carbocycles. The van der Waals surface area contributed by atoms with Gasteiger partial charge in [0.25, 0.3) is 10.0 Å². The molecule has 0 heterocycles. The SMILES string of the molecule is CC(C)CNC(=O)[C@@H](C)N(Cc1ccccc1F)C(=O)CN(c1cc(C(F)(F)F)ccc1Cl)S(=O)(=O)c1ccccc1. The van der Waals surface area contributed by atoms with E-state index < -0.39 is 64.2 Å². The molecule has 0 aliphatic carbocycles. The number of nitrogens with zero attached hydrogens (tertiary/aromatic N) is 2. The van der Waals surface area contributed by atoms with Gasteiger partial charge in [0, 0.05) is 18.7 Å². The highest BCUT2D eigenvalue weighted by molar-refractivity contribution is 7.92. The summed E-state index contributed by atoms with van der Waals surface area (Å²) in [5, 5.41) is 2.33. The number of hydrogen-bond acceptors (Lipinski definition) is 4. The van der Waals surface area contributed by atoms with Gasteiger partial charge in [0.2, 0.25) is 11.8 Å². The molecule has 0 aliphatic heterocycles. The van der Waals surface area contributed by atoms with Crippen LogP contribution in [-0.2, 0) is 32.3 Å². The number of anilines is 1. The predicted molar refractivity (Wildman–Crippen MR) is 152 cm³/mol. The lowest BCUT2D eigenvalue weighted by Crippen LogP contribution is -2.51. The number of carbonyl (C=O) groups is 2. The summed E-state index contributed by atoms with van der Waals surface area (Å²) in [5.74, 6) is -2.15. The molecular formula is C29H30ClF4N3O4S. The van der Waals surface area contributed by atoms with Gasteiger partial charge in [0.15, 0.2) is 0 Å². The molecule has 42 heavy (non-hydrogen) atoms. The average Bonchev–Trinajstić information content (AvgIpc) is 2.94. The molecule has 0 aliphatic rings. The Morgan fingerprint density at radius 1 is 0.952 bits per heavy atom. The summed E-state index contributed by atoms with van der Waals surface area (Å²) in [6.45, 7) is 3.93. The molecular weight excluding hydrogens is 598 g/mol. The molecule has 0 radical (unpaired) electrons. The first kappa shape index (κ1) is 32.9. The predicted octanol–water partition coefficient (Wildman–Crippen LogP) is 5.88. The fourth-order valence-corrected chi connectivity index (χ4v) is 5.67. The van der Waals surface area contributed by atoms with Crippen molar-refractivity contribution in [3.8, 4) is 0 Å². The van der Waals surface area contributed by atoms with Crippen LogP contribution in [0.3, 0.4) is 0 Å². The zero-order valence-electron chi connectivity index (χ0n) is 23.0. The number of rotatable bonds is 11. The Morgan fingerprint density at radius 3 is 2.17 bits per heavy atom. The molecule has 13 heteroatoms. The van der Waals surface area contributed by atoms with E-state index in [1.807, 2.05) is 13.8 Å². The second-order valence-electron chi connectivity index (χ2n) is 9.92. The summed E-state index contributed by atoms with van der Waals surface area (Å²) >= 11 is 6.22. The summed E-state index contributed by atoms with van der Waals surface area (Å²) < 4.78 is 83.5. The van der Waals surface area contributed by atoms with Gasteiger partial charge in [-0.25, -0.2) is 12.8 Å². The summed E-state index contributed by atoms with van der Waals surface area (Å²) in [6, 6.07) is 13.2. The quantitative estimate of drug-likeness (QED) is 0.269. The fraction of sp³-hybridized carbons (Fsp3) is 0.310. The second-order valence-corrected chi connectivity index (χ2v) is 12.2. The van der Waals surface area contributed by atoms with Crippen molar-refractivity contribution in [2.24, 2.45) is 5.92 Å². The van der Waals surface area contributed by atoms with Gasteiger partial charge in [-0.05, 0) is 49.2 Å². The zero-order valence-corrected chi connectivity index (χ0v) is 24.6. The molecule has 3 aromatic rings. The highest BCUT2D eigenvalue weighted by Gasteiger charge is 2.36. The molecule has 1 N–H and O–H groups in total. The number of nitrogens with one attached hydrogen (secondary N) is 1. The number of hydrogen-bond donors (Lipinski definition) is 1.